The van der Waals surface area contributed by atoms with Crippen LogP contribution in [-0.2, 0) is 20.3 Å². The molecule has 2 atom stereocenters. The smallest absolute Gasteiger partial charge is 0.331 e. The molecule has 1 fully saturated rings. The van der Waals surface area contributed by atoms with Crippen molar-refractivity contribution in [1.29, 1.82) is 0 Å². The van der Waals surface area contributed by atoms with Crippen molar-refractivity contribution < 1.29 is 23.5 Å². The fourth-order valence-electron chi connectivity index (χ4n) is 5.02. The number of carbonyl (C=O) groups excluding carboxylic acids is 1. The van der Waals surface area contributed by atoms with Gasteiger partial charge in [0, 0.05) is 45.8 Å². The van der Waals surface area contributed by atoms with Crippen LogP contribution in [0.4, 0.5) is 11.4 Å². The Balaban J connectivity index is 1.26. The Kier molecular flexibility index (Phi) is 11.1. The molecule has 39 heavy (non-hydrogen) atoms. The van der Waals surface area contributed by atoms with Crippen molar-refractivity contribution in [2.24, 2.45) is 5.92 Å². The molecule has 2 unspecified atom stereocenters. The molecule has 2 aromatic rings. The lowest BCUT2D eigenvalue weighted by Crippen LogP contribution is -2.47. The first-order chi connectivity index (χ1) is 18.8. The number of benzene rings is 2. The van der Waals surface area contributed by atoms with Crippen LogP contribution in [0, 0.1) is 5.92 Å². The molecular weight excluding hydrogens is 560 g/mol. The number of unbranched alkanes of at least 4 members (excludes halogenated alkanes) is 1. The number of nitrogens with zero attached hydrogens (tertiary/aromatic N) is 3. The van der Waals surface area contributed by atoms with Crippen molar-refractivity contribution in [3.8, 4) is 5.75 Å². The van der Waals surface area contributed by atoms with Crippen molar-refractivity contribution in [2.75, 3.05) is 56.2 Å². The molecule has 2 aromatic carbocycles. The van der Waals surface area contributed by atoms with E-state index in [4.69, 9.17) is 37.0 Å². The third kappa shape index (κ3) is 7.76. The van der Waals surface area contributed by atoms with Gasteiger partial charge in [-0.2, -0.15) is 0 Å². The number of carbonyl (C=O) groups is 1. The molecule has 214 valence electrons. The molecule has 11 heteroatoms. The van der Waals surface area contributed by atoms with E-state index in [1.54, 1.807) is 4.90 Å². The molecular formula is C28H38Cl2N3O5P. The normalized spacial score (nSPS) is 17.9. The van der Waals surface area contributed by atoms with Gasteiger partial charge in [-0.15, -0.1) is 0 Å². The van der Waals surface area contributed by atoms with Crippen LogP contribution in [0.3, 0.4) is 0 Å². The summed E-state index contributed by atoms with van der Waals surface area (Å²) in [6.07, 6.45) is 2.41. The SMILES string of the molecule is COP(O)OC(C(C)C)N1C(=O)CCc2ccc(OCCCCN3CCN(c4cccc(Cl)c4Cl)CC3)cc21. The highest BCUT2D eigenvalue weighted by Crippen LogP contribution is 2.41. The number of rotatable bonds is 12. The third-order valence-electron chi connectivity index (χ3n) is 7.15. The number of hydrogen-bond donors (Lipinski definition) is 1. The first kappa shape index (κ1) is 30.3. The van der Waals surface area contributed by atoms with Gasteiger partial charge in [0.1, 0.15) is 12.0 Å². The van der Waals surface area contributed by atoms with Crippen molar-refractivity contribution in [3.05, 3.63) is 52.0 Å². The van der Waals surface area contributed by atoms with Crippen molar-refractivity contribution in [2.45, 2.75) is 45.8 Å². The maximum Gasteiger partial charge on any atom is 0.331 e. The quantitative estimate of drug-likeness (QED) is 0.233. The lowest BCUT2D eigenvalue weighted by atomic mass is 9.99. The minimum atomic E-state index is -2.07. The number of hydrogen-bond acceptors (Lipinski definition) is 7. The van der Waals surface area contributed by atoms with Gasteiger partial charge < -0.3 is 19.1 Å². The number of piperazine rings is 1. The van der Waals surface area contributed by atoms with Crippen LogP contribution < -0.4 is 14.5 Å². The molecule has 2 aliphatic rings. The molecule has 0 spiro atoms. The van der Waals surface area contributed by atoms with Gasteiger partial charge >= 0.3 is 8.60 Å². The van der Waals surface area contributed by atoms with Crippen LogP contribution in [0.5, 0.6) is 5.75 Å². The molecule has 0 radical (unpaired) electrons. The van der Waals surface area contributed by atoms with Crippen LogP contribution in [0.15, 0.2) is 36.4 Å². The molecule has 0 aromatic heterocycles. The summed E-state index contributed by atoms with van der Waals surface area (Å²) in [7, 11) is -0.684. The molecule has 1 saturated heterocycles. The van der Waals surface area contributed by atoms with Crippen molar-refractivity contribution in [3.63, 3.8) is 0 Å². The minimum absolute atomic E-state index is 0.0319. The summed E-state index contributed by atoms with van der Waals surface area (Å²) in [4.78, 5) is 29.3. The Labute approximate surface area is 242 Å². The minimum Gasteiger partial charge on any atom is -0.494 e. The molecule has 0 bridgehead atoms. The van der Waals surface area contributed by atoms with E-state index < -0.39 is 14.8 Å². The lowest BCUT2D eigenvalue weighted by molar-refractivity contribution is -0.121. The van der Waals surface area contributed by atoms with E-state index in [0.717, 1.165) is 68.3 Å². The summed E-state index contributed by atoms with van der Waals surface area (Å²) < 4.78 is 16.8. The average molecular weight is 599 g/mol. The van der Waals surface area contributed by atoms with Crippen LogP contribution in [0.2, 0.25) is 10.0 Å². The zero-order valence-electron chi connectivity index (χ0n) is 22.8. The number of aryl methyl sites for hydroxylation is 1. The maximum absolute atomic E-state index is 12.9. The first-order valence-corrected chi connectivity index (χ1v) is 15.4. The highest BCUT2D eigenvalue weighted by Gasteiger charge is 2.35. The van der Waals surface area contributed by atoms with Crippen molar-refractivity contribution >= 4 is 49.1 Å². The zero-order chi connectivity index (χ0) is 27.9. The third-order valence-corrected chi connectivity index (χ3v) is 8.67. The maximum atomic E-state index is 12.9. The Hall–Kier alpha value is -1.64. The lowest BCUT2D eigenvalue weighted by Gasteiger charge is -2.38. The summed E-state index contributed by atoms with van der Waals surface area (Å²) in [5, 5.41) is 1.22. The molecule has 4 rings (SSSR count). The van der Waals surface area contributed by atoms with E-state index in [1.165, 1.54) is 7.11 Å². The Morgan fingerprint density at radius 1 is 1.03 bits per heavy atom. The Bertz CT molecular complexity index is 1120. The van der Waals surface area contributed by atoms with Gasteiger partial charge in [0.2, 0.25) is 5.91 Å². The summed E-state index contributed by atoms with van der Waals surface area (Å²) in [6, 6.07) is 11.7. The van der Waals surface area contributed by atoms with E-state index in [1.807, 2.05) is 50.2 Å². The van der Waals surface area contributed by atoms with Crippen LogP contribution >= 0.6 is 31.8 Å². The standard InChI is InChI=1S/C28H38Cl2N3O5P/c1-20(2)28(38-39(35)36-3)33-25-19-22(11-9-21(25)10-12-26(33)34)37-18-5-4-13-31-14-16-32(17-15-31)24-8-6-7-23(29)27(24)30/h6-9,11,19-20,28,35H,4-5,10,12-18H2,1-3H3. The fraction of sp³-hybridized carbons (Fsp3) is 0.536. The van der Waals surface area contributed by atoms with Crippen LogP contribution in [0.1, 0.15) is 38.7 Å². The van der Waals surface area contributed by atoms with Gasteiger partial charge in [0.25, 0.3) is 0 Å². The predicted molar refractivity (Wildman–Crippen MR) is 158 cm³/mol. The first-order valence-electron chi connectivity index (χ1n) is 13.5. The van der Waals surface area contributed by atoms with E-state index in [0.29, 0.717) is 29.5 Å². The second kappa shape index (κ2) is 14.3. The number of fused-ring (bicyclic) bond motifs is 1. The molecule has 2 heterocycles. The number of amides is 1. The highest BCUT2D eigenvalue weighted by molar-refractivity contribution is 7.40. The van der Waals surface area contributed by atoms with Crippen LogP contribution in [-0.4, -0.2) is 68.4 Å². The van der Waals surface area contributed by atoms with Crippen molar-refractivity contribution in [1.82, 2.24) is 4.90 Å². The molecule has 0 aliphatic carbocycles. The average Bonchev–Trinajstić information content (AvgIpc) is 2.93. The Morgan fingerprint density at radius 3 is 2.51 bits per heavy atom. The van der Waals surface area contributed by atoms with E-state index >= 15 is 0 Å². The van der Waals surface area contributed by atoms with E-state index in [9.17, 15) is 9.69 Å². The van der Waals surface area contributed by atoms with Gasteiger partial charge in [0.05, 0.1) is 28.0 Å². The van der Waals surface area contributed by atoms with Gasteiger partial charge in [-0.05, 0) is 55.5 Å². The van der Waals surface area contributed by atoms with E-state index in [-0.39, 0.29) is 11.8 Å². The monoisotopic (exact) mass is 597 g/mol. The number of halogens is 2. The van der Waals surface area contributed by atoms with Gasteiger partial charge in [-0.3, -0.25) is 19.1 Å². The molecule has 8 nitrogen and oxygen atoms in total. The predicted octanol–water partition coefficient (Wildman–Crippen LogP) is 6.12. The summed E-state index contributed by atoms with van der Waals surface area (Å²) in [6.45, 7) is 9.34. The number of anilines is 2. The molecule has 0 saturated carbocycles. The highest BCUT2D eigenvalue weighted by atomic mass is 35.5. The van der Waals surface area contributed by atoms with Gasteiger partial charge in [-0.1, -0.05) is 49.2 Å². The van der Waals surface area contributed by atoms with Crippen LogP contribution in [0.25, 0.3) is 0 Å². The second-order valence-electron chi connectivity index (χ2n) is 10.2. The Morgan fingerprint density at radius 2 is 1.79 bits per heavy atom. The fourth-order valence-corrected chi connectivity index (χ4v) is 6.05. The molecule has 1 N–H and O–H groups in total. The molecule has 1 amide bonds. The summed E-state index contributed by atoms with van der Waals surface area (Å²) in [5.74, 6) is 0.651. The molecule has 2 aliphatic heterocycles. The second-order valence-corrected chi connectivity index (χ2v) is 12.0. The summed E-state index contributed by atoms with van der Waals surface area (Å²) >= 11 is 12.6. The van der Waals surface area contributed by atoms with Gasteiger partial charge in [0.15, 0.2) is 0 Å². The number of ether oxygens (including phenoxy) is 1. The zero-order valence-corrected chi connectivity index (χ0v) is 25.2. The van der Waals surface area contributed by atoms with E-state index in [2.05, 4.69) is 9.80 Å². The topological polar surface area (TPSA) is 74.7 Å². The van der Waals surface area contributed by atoms with Gasteiger partial charge in [-0.25, -0.2) is 0 Å². The largest absolute Gasteiger partial charge is 0.494 e. The summed E-state index contributed by atoms with van der Waals surface area (Å²) in [5.41, 5.74) is 2.85.